The van der Waals surface area contributed by atoms with E-state index >= 15 is 0 Å². The standard InChI is InChI=1S/C24H22N4O3S.C9H7NO2/c29-22(26-24-25-8-13-32-24)20-16-28(15-17-4-2-1-3-5-17)21-14-18(6-7-19(20)21)23(30)27-9-11-31-12-10-27;11-9(12)7-2-1-6-3-4-10-8(6)5-7/h1-8,13-14,16H,9-12,15H2,(H,25,26,29);1-5,10H,(H,11,12). The topological polar surface area (TPSA) is 130 Å². The van der Waals surface area contributed by atoms with Crippen LogP contribution in [-0.2, 0) is 11.3 Å². The third-order valence-electron chi connectivity index (χ3n) is 7.32. The van der Waals surface area contributed by atoms with Gasteiger partial charge < -0.3 is 24.3 Å². The molecule has 1 fully saturated rings. The van der Waals surface area contributed by atoms with Crippen LogP contribution in [0.25, 0.3) is 21.8 Å². The minimum Gasteiger partial charge on any atom is -0.478 e. The Kier molecular flexibility index (Phi) is 8.48. The van der Waals surface area contributed by atoms with Crippen molar-refractivity contribution in [2.45, 2.75) is 6.54 Å². The average Bonchev–Trinajstić information content (AvgIpc) is 3.82. The van der Waals surface area contributed by atoms with E-state index in [0.29, 0.717) is 54.7 Å². The molecule has 0 atom stereocenters. The van der Waals surface area contributed by atoms with E-state index in [2.05, 4.69) is 15.3 Å². The molecule has 0 bridgehead atoms. The number of nitrogens with one attached hydrogen (secondary N) is 2. The number of aromatic carboxylic acids is 1. The number of aromatic amines is 1. The van der Waals surface area contributed by atoms with Crippen LogP contribution in [0, 0.1) is 0 Å². The van der Waals surface area contributed by atoms with Crippen molar-refractivity contribution in [3.05, 3.63) is 119 Å². The highest BCUT2D eigenvalue weighted by Crippen LogP contribution is 2.26. The molecule has 44 heavy (non-hydrogen) atoms. The molecular weight excluding hydrogens is 578 g/mol. The van der Waals surface area contributed by atoms with Crippen LogP contribution in [0.5, 0.6) is 0 Å². The van der Waals surface area contributed by atoms with Gasteiger partial charge in [0.15, 0.2) is 5.13 Å². The molecule has 0 unspecified atom stereocenters. The van der Waals surface area contributed by atoms with Crippen LogP contribution in [0.1, 0.15) is 36.6 Å². The molecule has 3 aromatic heterocycles. The zero-order valence-corrected chi connectivity index (χ0v) is 24.4. The van der Waals surface area contributed by atoms with E-state index in [9.17, 15) is 14.4 Å². The number of carbonyl (C=O) groups is 3. The van der Waals surface area contributed by atoms with Gasteiger partial charge in [-0.15, -0.1) is 11.3 Å². The van der Waals surface area contributed by atoms with Crippen molar-refractivity contribution < 1.29 is 24.2 Å². The fourth-order valence-corrected chi connectivity index (χ4v) is 5.62. The van der Waals surface area contributed by atoms with E-state index < -0.39 is 5.97 Å². The predicted molar refractivity (Wildman–Crippen MR) is 170 cm³/mol. The Morgan fingerprint density at radius 3 is 2.52 bits per heavy atom. The lowest BCUT2D eigenvalue weighted by Crippen LogP contribution is -2.40. The minimum absolute atomic E-state index is 0.0172. The Bertz CT molecular complexity index is 1920. The number of benzene rings is 3. The number of H-pyrrole nitrogens is 1. The van der Waals surface area contributed by atoms with Gasteiger partial charge >= 0.3 is 5.97 Å². The van der Waals surface area contributed by atoms with Gasteiger partial charge in [-0.25, -0.2) is 9.78 Å². The second kappa shape index (κ2) is 12.9. The first-order valence-electron chi connectivity index (χ1n) is 14.0. The molecule has 0 radical (unpaired) electrons. The Morgan fingerprint density at radius 1 is 0.977 bits per heavy atom. The fourth-order valence-electron chi connectivity index (χ4n) is 5.10. The summed E-state index contributed by atoms with van der Waals surface area (Å²) in [6, 6.07) is 22.5. The number of amides is 2. The monoisotopic (exact) mass is 607 g/mol. The number of carboxylic acid groups (broad SMARTS) is 1. The zero-order chi connectivity index (χ0) is 30.5. The van der Waals surface area contributed by atoms with Crippen LogP contribution in [0.15, 0.2) is 96.8 Å². The summed E-state index contributed by atoms with van der Waals surface area (Å²) in [5.74, 6) is -1.13. The van der Waals surface area contributed by atoms with Crippen LogP contribution >= 0.6 is 11.3 Å². The number of carboxylic acids is 1. The fraction of sp³-hybridized carbons (Fsp3) is 0.152. The molecule has 0 saturated carbocycles. The maximum Gasteiger partial charge on any atom is 0.335 e. The van der Waals surface area contributed by atoms with Crippen molar-refractivity contribution in [2.24, 2.45) is 0 Å². The van der Waals surface area contributed by atoms with Crippen molar-refractivity contribution in [1.29, 1.82) is 0 Å². The highest BCUT2D eigenvalue weighted by atomic mass is 32.1. The van der Waals surface area contributed by atoms with Gasteiger partial charge in [-0.2, -0.15) is 0 Å². The summed E-state index contributed by atoms with van der Waals surface area (Å²) < 4.78 is 7.39. The Balaban J connectivity index is 0.000000238. The molecule has 1 aliphatic rings. The number of carbonyl (C=O) groups excluding carboxylic acids is 2. The molecule has 0 spiro atoms. The van der Waals surface area contributed by atoms with E-state index in [4.69, 9.17) is 9.84 Å². The van der Waals surface area contributed by atoms with Crippen molar-refractivity contribution in [3.8, 4) is 0 Å². The first-order chi connectivity index (χ1) is 21.5. The van der Waals surface area contributed by atoms with Crippen molar-refractivity contribution in [2.75, 3.05) is 31.6 Å². The van der Waals surface area contributed by atoms with Crippen LogP contribution < -0.4 is 5.32 Å². The van der Waals surface area contributed by atoms with Gasteiger partial charge in [-0.05, 0) is 41.3 Å². The molecule has 1 aliphatic heterocycles. The number of hydrogen-bond donors (Lipinski definition) is 3. The normalized spacial score (nSPS) is 13.0. The average molecular weight is 608 g/mol. The summed E-state index contributed by atoms with van der Waals surface area (Å²) in [4.78, 5) is 45.5. The number of ether oxygens (including phenoxy) is 1. The molecule has 2 amide bonds. The van der Waals surface area contributed by atoms with Crippen LogP contribution in [0.2, 0.25) is 0 Å². The number of rotatable bonds is 6. The Hall–Kier alpha value is -5.26. The maximum absolute atomic E-state index is 13.0. The third kappa shape index (κ3) is 6.38. The van der Waals surface area contributed by atoms with E-state index in [0.717, 1.165) is 27.4 Å². The van der Waals surface area contributed by atoms with Crippen LogP contribution in [0.4, 0.5) is 5.13 Å². The van der Waals surface area contributed by atoms with E-state index in [1.165, 1.54) is 11.3 Å². The van der Waals surface area contributed by atoms with Crippen molar-refractivity contribution in [1.82, 2.24) is 19.4 Å². The molecule has 4 heterocycles. The summed E-state index contributed by atoms with van der Waals surface area (Å²) in [7, 11) is 0. The van der Waals surface area contributed by atoms with Crippen LogP contribution in [-0.4, -0.2) is 68.6 Å². The Labute approximate surface area is 256 Å². The summed E-state index contributed by atoms with van der Waals surface area (Å²) in [5.41, 5.74) is 4.29. The van der Waals surface area contributed by atoms with Crippen molar-refractivity contribution in [3.63, 3.8) is 0 Å². The molecule has 3 aromatic carbocycles. The molecular formula is C33H29N5O5S. The number of fused-ring (bicyclic) bond motifs is 2. The number of morpholine rings is 1. The molecule has 1 saturated heterocycles. The number of anilines is 1. The quantitative estimate of drug-likeness (QED) is 0.222. The number of hydrogen-bond acceptors (Lipinski definition) is 6. The number of aromatic nitrogens is 3. The molecule has 10 nitrogen and oxygen atoms in total. The highest BCUT2D eigenvalue weighted by molar-refractivity contribution is 7.13. The predicted octanol–water partition coefficient (Wildman–Crippen LogP) is 5.74. The smallest absolute Gasteiger partial charge is 0.335 e. The van der Waals surface area contributed by atoms with Gasteiger partial charge in [-0.1, -0.05) is 42.5 Å². The minimum atomic E-state index is -0.897. The van der Waals surface area contributed by atoms with E-state index in [1.54, 1.807) is 36.7 Å². The molecule has 3 N–H and O–H groups in total. The summed E-state index contributed by atoms with van der Waals surface area (Å²) in [6.07, 6.45) is 5.29. The zero-order valence-electron chi connectivity index (χ0n) is 23.6. The van der Waals surface area contributed by atoms with Gasteiger partial charge in [0.1, 0.15) is 0 Å². The van der Waals surface area contributed by atoms with Gasteiger partial charge in [0.05, 0.1) is 24.3 Å². The van der Waals surface area contributed by atoms with Gasteiger partial charge in [0, 0.05) is 65.6 Å². The second-order valence-electron chi connectivity index (χ2n) is 10.2. The lowest BCUT2D eigenvalue weighted by Gasteiger charge is -2.26. The van der Waals surface area contributed by atoms with E-state index in [-0.39, 0.29) is 11.8 Å². The lowest BCUT2D eigenvalue weighted by molar-refractivity contribution is 0.0303. The second-order valence-corrected chi connectivity index (χ2v) is 11.1. The molecule has 0 aliphatic carbocycles. The van der Waals surface area contributed by atoms with Crippen LogP contribution in [0.3, 0.4) is 0 Å². The first kappa shape index (κ1) is 28.8. The summed E-state index contributed by atoms with van der Waals surface area (Å²) >= 11 is 1.37. The van der Waals surface area contributed by atoms with Gasteiger partial charge in [0.2, 0.25) is 0 Å². The summed E-state index contributed by atoms with van der Waals surface area (Å²) in [6.45, 7) is 2.88. The molecule has 222 valence electrons. The lowest BCUT2D eigenvalue weighted by atomic mass is 10.1. The van der Waals surface area contributed by atoms with Crippen molar-refractivity contribution >= 4 is 56.1 Å². The number of thiazole rings is 1. The molecule has 6 aromatic rings. The Morgan fingerprint density at radius 2 is 1.77 bits per heavy atom. The SMILES string of the molecule is O=C(Nc1nccs1)c1cn(Cc2ccccc2)c2cc(C(=O)N3CCOCC3)ccc12.O=C(O)c1ccc2cc[nH]c2c1. The third-order valence-corrected chi connectivity index (χ3v) is 8.01. The number of nitrogens with zero attached hydrogens (tertiary/aromatic N) is 3. The first-order valence-corrected chi connectivity index (χ1v) is 14.9. The summed E-state index contributed by atoms with van der Waals surface area (Å²) in [5, 5.41) is 15.7. The largest absolute Gasteiger partial charge is 0.478 e. The van der Waals surface area contributed by atoms with Gasteiger partial charge in [-0.3, -0.25) is 14.9 Å². The highest BCUT2D eigenvalue weighted by Gasteiger charge is 2.22. The molecule has 11 heteroatoms. The van der Waals surface area contributed by atoms with Gasteiger partial charge in [0.25, 0.3) is 11.8 Å². The maximum atomic E-state index is 13.0. The molecule has 7 rings (SSSR count). The van der Waals surface area contributed by atoms with E-state index in [1.807, 2.05) is 69.6 Å².